The second-order valence-corrected chi connectivity index (χ2v) is 3.35. The van der Waals surface area contributed by atoms with Crippen molar-refractivity contribution in [2.75, 3.05) is 6.54 Å². The molecule has 0 spiro atoms. The number of carbonyl (C=O) groups excluding carboxylic acids is 1. The minimum Gasteiger partial charge on any atom is -0.480 e. The van der Waals surface area contributed by atoms with Crippen molar-refractivity contribution in [1.82, 2.24) is 10.6 Å². The first kappa shape index (κ1) is 10.6. The van der Waals surface area contributed by atoms with E-state index >= 15 is 0 Å². The summed E-state index contributed by atoms with van der Waals surface area (Å²) in [6.45, 7) is 3.98. The van der Waals surface area contributed by atoms with E-state index in [-0.39, 0.29) is 0 Å². The lowest BCUT2D eigenvalue weighted by atomic mass is 10.3. The van der Waals surface area contributed by atoms with E-state index in [0.717, 1.165) is 0 Å². The summed E-state index contributed by atoms with van der Waals surface area (Å²) < 4.78 is 0. The zero-order chi connectivity index (χ0) is 10.6. The molecule has 0 radical (unpaired) electrons. The lowest BCUT2D eigenvalue weighted by Crippen LogP contribution is -2.48. The van der Waals surface area contributed by atoms with E-state index in [4.69, 9.17) is 5.11 Å². The van der Waals surface area contributed by atoms with Crippen molar-refractivity contribution in [3.8, 4) is 0 Å². The van der Waals surface area contributed by atoms with Gasteiger partial charge in [-0.05, 0) is 19.3 Å². The Hall–Kier alpha value is -1.52. The maximum atomic E-state index is 11.2. The average molecular weight is 198 g/mol. The van der Waals surface area contributed by atoms with Crippen molar-refractivity contribution in [3.05, 3.63) is 12.7 Å². The summed E-state index contributed by atoms with van der Waals surface area (Å²) >= 11 is 0. The van der Waals surface area contributed by atoms with Gasteiger partial charge in [0.2, 0.25) is 0 Å². The van der Waals surface area contributed by atoms with Crippen LogP contribution < -0.4 is 10.6 Å². The number of hydrogen-bond acceptors (Lipinski definition) is 2. The van der Waals surface area contributed by atoms with E-state index in [1.807, 2.05) is 0 Å². The van der Waals surface area contributed by atoms with Crippen LogP contribution in [0.1, 0.15) is 19.3 Å². The quantitative estimate of drug-likeness (QED) is 0.444. The van der Waals surface area contributed by atoms with Gasteiger partial charge in [0.05, 0.1) is 0 Å². The summed E-state index contributed by atoms with van der Waals surface area (Å²) in [5.41, 5.74) is -1.00. The SMILES string of the molecule is C=CCCNC(=O)NC1(C(=O)O)CC1. The van der Waals surface area contributed by atoms with Gasteiger partial charge in [-0.25, -0.2) is 9.59 Å². The summed E-state index contributed by atoms with van der Waals surface area (Å²) in [5, 5.41) is 13.8. The maximum absolute atomic E-state index is 11.2. The Balaban J connectivity index is 2.27. The van der Waals surface area contributed by atoms with Gasteiger partial charge in [0.15, 0.2) is 0 Å². The fourth-order valence-corrected chi connectivity index (χ4v) is 1.07. The van der Waals surface area contributed by atoms with Gasteiger partial charge in [-0.1, -0.05) is 6.08 Å². The lowest BCUT2D eigenvalue weighted by Gasteiger charge is -2.12. The Bertz CT molecular complexity index is 259. The predicted octanol–water partition coefficient (Wildman–Crippen LogP) is 0.479. The van der Waals surface area contributed by atoms with Crippen molar-refractivity contribution in [3.63, 3.8) is 0 Å². The molecule has 5 heteroatoms. The predicted molar refractivity (Wildman–Crippen MR) is 50.9 cm³/mol. The lowest BCUT2D eigenvalue weighted by molar-refractivity contribution is -0.140. The molecule has 14 heavy (non-hydrogen) atoms. The second kappa shape index (κ2) is 4.13. The molecule has 0 unspecified atom stereocenters. The minimum atomic E-state index is -1.00. The zero-order valence-electron chi connectivity index (χ0n) is 7.88. The molecule has 1 saturated carbocycles. The van der Waals surface area contributed by atoms with Crippen LogP contribution in [0.25, 0.3) is 0 Å². The molecule has 2 amide bonds. The summed E-state index contributed by atoms with van der Waals surface area (Å²) in [6.07, 6.45) is 3.38. The van der Waals surface area contributed by atoms with Crippen molar-refractivity contribution in [2.24, 2.45) is 0 Å². The highest BCUT2D eigenvalue weighted by Crippen LogP contribution is 2.35. The van der Waals surface area contributed by atoms with Gasteiger partial charge >= 0.3 is 12.0 Å². The fraction of sp³-hybridized carbons (Fsp3) is 0.556. The third-order valence-corrected chi connectivity index (χ3v) is 2.15. The highest BCUT2D eigenvalue weighted by Gasteiger charge is 2.51. The molecular weight excluding hydrogens is 184 g/mol. The Kier molecular flexibility index (Phi) is 3.11. The normalized spacial score (nSPS) is 16.9. The molecule has 3 N–H and O–H groups in total. The van der Waals surface area contributed by atoms with E-state index in [9.17, 15) is 9.59 Å². The van der Waals surface area contributed by atoms with Gasteiger partial charge in [0.1, 0.15) is 5.54 Å². The number of nitrogens with one attached hydrogen (secondary N) is 2. The van der Waals surface area contributed by atoms with Crippen LogP contribution in [0.3, 0.4) is 0 Å². The van der Waals surface area contributed by atoms with Crippen LogP contribution in [0, 0.1) is 0 Å². The molecule has 1 aliphatic carbocycles. The molecule has 0 saturated heterocycles. The molecule has 1 fully saturated rings. The highest BCUT2D eigenvalue weighted by molar-refractivity contribution is 5.88. The Labute approximate surface area is 82.2 Å². The fourth-order valence-electron chi connectivity index (χ4n) is 1.07. The van der Waals surface area contributed by atoms with Crippen LogP contribution in [0.5, 0.6) is 0 Å². The van der Waals surface area contributed by atoms with Crippen molar-refractivity contribution in [2.45, 2.75) is 24.8 Å². The maximum Gasteiger partial charge on any atom is 0.329 e. The molecule has 0 aromatic heterocycles. The Morgan fingerprint density at radius 3 is 2.57 bits per heavy atom. The largest absolute Gasteiger partial charge is 0.480 e. The first-order chi connectivity index (χ1) is 6.60. The van der Waals surface area contributed by atoms with Crippen molar-refractivity contribution < 1.29 is 14.7 Å². The third kappa shape index (κ3) is 2.48. The van der Waals surface area contributed by atoms with Gasteiger partial charge in [-0.3, -0.25) is 0 Å². The molecule has 1 aliphatic rings. The van der Waals surface area contributed by atoms with E-state index in [2.05, 4.69) is 17.2 Å². The molecular formula is C9H14N2O3. The van der Waals surface area contributed by atoms with E-state index in [0.29, 0.717) is 25.8 Å². The number of carboxylic acid groups (broad SMARTS) is 1. The zero-order valence-corrected chi connectivity index (χ0v) is 7.88. The van der Waals surface area contributed by atoms with Gasteiger partial charge in [0.25, 0.3) is 0 Å². The van der Waals surface area contributed by atoms with Crippen LogP contribution in [0.4, 0.5) is 4.79 Å². The molecule has 0 heterocycles. The third-order valence-electron chi connectivity index (χ3n) is 2.15. The number of urea groups is 1. The van der Waals surface area contributed by atoms with Gasteiger partial charge in [-0.15, -0.1) is 6.58 Å². The van der Waals surface area contributed by atoms with Crippen LogP contribution in [0.2, 0.25) is 0 Å². The smallest absolute Gasteiger partial charge is 0.329 e. The van der Waals surface area contributed by atoms with E-state index < -0.39 is 17.5 Å². The van der Waals surface area contributed by atoms with E-state index in [1.165, 1.54) is 0 Å². The Morgan fingerprint density at radius 2 is 2.14 bits per heavy atom. The summed E-state index contributed by atoms with van der Waals surface area (Å²) in [4.78, 5) is 21.8. The first-order valence-corrected chi connectivity index (χ1v) is 4.51. The summed E-state index contributed by atoms with van der Waals surface area (Å²) in [7, 11) is 0. The number of carboxylic acids is 1. The van der Waals surface area contributed by atoms with Gasteiger partial charge < -0.3 is 15.7 Å². The average Bonchev–Trinajstić information content (AvgIpc) is 2.86. The van der Waals surface area contributed by atoms with Crippen molar-refractivity contribution in [1.29, 1.82) is 0 Å². The molecule has 0 atom stereocenters. The van der Waals surface area contributed by atoms with Gasteiger partial charge in [-0.2, -0.15) is 0 Å². The number of hydrogen-bond donors (Lipinski definition) is 3. The molecule has 78 valence electrons. The minimum absolute atomic E-state index is 0.424. The number of carbonyl (C=O) groups is 2. The van der Waals surface area contributed by atoms with Gasteiger partial charge in [0, 0.05) is 6.54 Å². The van der Waals surface area contributed by atoms with Crippen molar-refractivity contribution >= 4 is 12.0 Å². The molecule has 0 bridgehead atoms. The summed E-state index contributed by atoms with van der Waals surface area (Å²) in [6, 6.07) is -0.424. The van der Waals surface area contributed by atoms with Crippen LogP contribution >= 0.6 is 0 Å². The monoisotopic (exact) mass is 198 g/mol. The molecule has 5 nitrogen and oxygen atoms in total. The molecule has 0 aliphatic heterocycles. The summed E-state index contributed by atoms with van der Waals surface area (Å²) in [5.74, 6) is -0.962. The molecule has 1 rings (SSSR count). The van der Waals surface area contributed by atoms with Crippen LogP contribution in [-0.2, 0) is 4.79 Å². The molecule has 0 aromatic rings. The first-order valence-electron chi connectivity index (χ1n) is 4.51. The number of rotatable bonds is 5. The van der Waals surface area contributed by atoms with Crippen LogP contribution in [-0.4, -0.2) is 29.2 Å². The second-order valence-electron chi connectivity index (χ2n) is 3.35. The molecule has 0 aromatic carbocycles. The number of amides is 2. The Morgan fingerprint density at radius 1 is 1.50 bits per heavy atom. The van der Waals surface area contributed by atoms with Crippen LogP contribution in [0.15, 0.2) is 12.7 Å². The number of aliphatic carboxylic acids is 1. The topological polar surface area (TPSA) is 78.4 Å². The van der Waals surface area contributed by atoms with E-state index in [1.54, 1.807) is 6.08 Å². The highest BCUT2D eigenvalue weighted by atomic mass is 16.4. The standard InChI is InChI=1S/C9H14N2O3/c1-2-3-6-10-8(14)11-9(4-5-9)7(12)13/h2H,1,3-6H2,(H,12,13)(H2,10,11,14).